The first-order chi connectivity index (χ1) is 7.36. The average Bonchev–Trinajstić information content (AvgIpc) is 2.17. The maximum absolute atomic E-state index is 12.5. The first-order valence-electron chi connectivity index (χ1n) is 5.36. The molecule has 6 heteroatoms. The molecule has 0 aromatic heterocycles. The molecular weight excluding hydrogens is 221 g/mol. The Hall–Kier alpha value is -0.330. The minimum atomic E-state index is -4.23. The summed E-state index contributed by atoms with van der Waals surface area (Å²) in [5.41, 5.74) is 5.16. The number of halogens is 3. The predicted molar refractivity (Wildman–Crippen MR) is 57.2 cm³/mol. The number of rotatable bonds is 7. The fourth-order valence-corrected chi connectivity index (χ4v) is 1.56. The summed E-state index contributed by atoms with van der Waals surface area (Å²) in [5.74, 6) is -1.47. The number of hydrogen-bond acceptors (Lipinski definition) is 3. The minimum Gasteiger partial charge on any atom is -0.383 e. The van der Waals surface area contributed by atoms with Crippen LogP contribution in [0.15, 0.2) is 0 Å². The van der Waals surface area contributed by atoms with Crippen LogP contribution in [0.4, 0.5) is 13.2 Å². The maximum atomic E-state index is 12.5. The summed E-state index contributed by atoms with van der Waals surface area (Å²) in [4.78, 5) is 1.73. The van der Waals surface area contributed by atoms with Gasteiger partial charge in [-0.05, 0) is 13.5 Å². The van der Waals surface area contributed by atoms with Gasteiger partial charge in [-0.2, -0.15) is 13.2 Å². The quantitative estimate of drug-likeness (QED) is 0.735. The normalized spacial score (nSPS) is 16.5. The van der Waals surface area contributed by atoms with Crippen molar-refractivity contribution in [3.8, 4) is 0 Å². The SMILES string of the molecule is CCN(CC(CN)C(F)(F)F)C(C)COC. The molecule has 0 radical (unpaired) electrons. The van der Waals surface area contributed by atoms with Crippen LogP contribution in [0.3, 0.4) is 0 Å². The van der Waals surface area contributed by atoms with Crippen molar-refractivity contribution < 1.29 is 17.9 Å². The van der Waals surface area contributed by atoms with Gasteiger partial charge in [0.2, 0.25) is 0 Å². The Morgan fingerprint density at radius 3 is 2.25 bits per heavy atom. The molecule has 0 bridgehead atoms. The summed E-state index contributed by atoms with van der Waals surface area (Å²) in [5, 5.41) is 0. The van der Waals surface area contributed by atoms with Crippen molar-refractivity contribution in [2.45, 2.75) is 26.1 Å². The first-order valence-corrected chi connectivity index (χ1v) is 5.36. The number of hydrogen-bond donors (Lipinski definition) is 1. The lowest BCUT2D eigenvalue weighted by molar-refractivity contribution is -0.177. The first kappa shape index (κ1) is 15.7. The van der Waals surface area contributed by atoms with E-state index in [4.69, 9.17) is 10.5 Å². The Labute approximate surface area is 94.7 Å². The van der Waals surface area contributed by atoms with Gasteiger partial charge in [-0.25, -0.2) is 0 Å². The molecule has 2 unspecified atom stereocenters. The van der Waals surface area contributed by atoms with Crippen LogP contribution in [-0.4, -0.2) is 50.5 Å². The van der Waals surface area contributed by atoms with Gasteiger partial charge in [0.1, 0.15) is 0 Å². The zero-order chi connectivity index (χ0) is 12.8. The standard InChI is InChI=1S/C10H21F3N2O/c1-4-15(8(2)7-16-3)6-9(5-14)10(11,12)13/h8-9H,4-7,14H2,1-3H3. The van der Waals surface area contributed by atoms with Crippen molar-refractivity contribution in [3.05, 3.63) is 0 Å². The molecule has 0 spiro atoms. The van der Waals surface area contributed by atoms with Crippen LogP contribution in [0.2, 0.25) is 0 Å². The Morgan fingerprint density at radius 2 is 1.94 bits per heavy atom. The molecule has 0 aliphatic heterocycles. The average molecular weight is 242 g/mol. The smallest absolute Gasteiger partial charge is 0.383 e. The van der Waals surface area contributed by atoms with Crippen LogP contribution in [0.25, 0.3) is 0 Å². The Bertz CT molecular complexity index is 187. The Kier molecular flexibility index (Phi) is 6.94. The van der Waals surface area contributed by atoms with E-state index < -0.39 is 12.1 Å². The van der Waals surface area contributed by atoms with E-state index in [1.165, 1.54) is 7.11 Å². The van der Waals surface area contributed by atoms with Gasteiger partial charge in [0, 0.05) is 26.2 Å². The van der Waals surface area contributed by atoms with Crippen molar-refractivity contribution in [2.24, 2.45) is 11.7 Å². The zero-order valence-corrected chi connectivity index (χ0v) is 10.0. The van der Waals surface area contributed by atoms with Crippen molar-refractivity contribution >= 4 is 0 Å². The highest BCUT2D eigenvalue weighted by atomic mass is 19.4. The Balaban J connectivity index is 4.39. The minimum absolute atomic E-state index is 0.0357. The molecule has 0 saturated carbocycles. The topological polar surface area (TPSA) is 38.5 Å². The second-order valence-electron chi connectivity index (χ2n) is 3.87. The van der Waals surface area contributed by atoms with E-state index in [0.29, 0.717) is 13.2 Å². The predicted octanol–water partition coefficient (Wildman–Crippen LogP) is 1.48. The molecule has 0 aliphatic carbocycles. The van der Waals surface area contributed by atoms with Crippen LogP contribution in [0, 0.1) is 5.92 Å². The van der Waals surface area contributed by atoms with E-state index in [-0.39, 0.29) is 19.1 Å². The number of alkyl halides is 3. The molecule has 98 valence electrons. The van der Waals surface area contributed by atoms with Gasteiger partial charge in [-0.15, -0.1) is 0 Å². The van der Waals surface area contributed by atoms with Crippen LogP contribution >= 0.6 is 0 Å². The summed E-state index contributed by atoms with van der Waals surface area (Å²) >= 11 is 0. The number of ether oxygens (including phenoxy) is 1. The van der Waals surface area contributed by atoms with E-state index in [9.17, 15) is 13.2 Å². The molecule has 2 atom stereocenters. The van der Waals surface area contributed by atoms with Gasteiger partial charge in [0.25, 0.3) is 0 Å². The van der Waals surface area contributed by atoms with Crippen molar-refractivity contribution in [1.82, 2.24) is 4.90 Å². The highest BCUT2D eigenvalue weighted by Gasteiger charge is 2.39. The maximum Gasteiger partial charge on any atom is 0.394 e. The van der Waals surface area contributed by atoms with E-state index in [1.54, 1.807) is 4.90 Å². The largest absolute Gasteiger partial charge is 0.394 e. The van der Waals surface area contributed by atoms with Crippen LogP contribution < -0.4 is 5.73 Å². The fraction of sp³-hybridized carbons (Fsp3) is 1.00. The highest BCUT2D eigenvalue weighted by Crippen LogP contribution is 2.26. The Morgan fingerprint density at radius 1 is 1.38 bits per heavy atom. The van der Waals surface area contributed by atoms with Gasteiger partial charge in [-0.3, -0.25) is 4.90 Å². The second-order valence-corrected chi connectivity index (χ2v) is 3.87. The van der Waals surface area contributed by atoms with Crippen molar-refractivity contribution in [1.29, 1.82) is 0 Å². The molecule has 0 aromatic rings. The molecule has 0 amide bonds. The lowest BCUT2D eigenvalue weighted by Crippen LogP contribution is -2.45. The number of methoxy groups -OCH3 is 1. The summed E-state index contributed by atoms with van der Waals surface area (Å²) in [6.45, 7) is 4.20. The summed E-state index contributed by atoms with van der Waals surface area (Å²) in [6, 6.07) is -0.0357. The number of nitrogens with zero attached hydrogens (tertiary/aromatic N) is 1. The third-order valence-corrected chi connectivity index (χ3v) is 2.64. The molecule has 0 fully saturated rings. The zero-order valence-electron chi connectivity index (χ0n) is 10.0. The molecular formula is C10H21F3N2O. The monoisotopic (exact) mass is 242 g/mol. The van der Waals surface area contributed by atoms with E-state index in [1.807, 2.05) is 13.8 Å². The lowest BCUT2D eigenvalue weighted by Gasteiger charge is -2.31. The summed E-state index contributed by atoms with van der Waals surface area (Å²) in [7, 11) is 1.54. The van der Waals surface area contributed by atoms with Crippen molar-refractivity contribution in [3.63, 3.8) is 0 Å². The van der Waals surface area contributed by atoms with Gasteiger partial charge in [0.05, 0.1) is 12.5 Å². The molecule has 0 heterocycles. The van der Waals surface area contributed by atoms with Crippen LogP contribution in [-0.2, 0) is 4.74 Å². The molecule has 2 N–H and O–H groups in total. The molecule has 3 nitrogen and oxygen atoms in total. The van der Waals surface area contributed by atoms with E-state index >= 15 is 0 Å². The third kappa shape index (κ3) is 5.14. The van der Waals surface area contributed by atoms with Crippen LogP contribution in [0.5, 0.6) is 0 Å². The molecule has 0 saturated heterocycles. The molecule has 0 aromatic carbocycles. The second kappa shape index (κ2) is 7.09. The van der Waals surface area contributed by atoms with Crippen molar-refractivity contribution in [2.75, 3.05) is 33.4 Å². The number of nitrogens with two attached hydrogens (primary N) is 1. The third-order valence-electron chi connectivity index (χ3n) is 2.64. The highest BCUT2D eigenvalue weighted by molar-refractivity contribution is 4.75. The van der Waals surface area contributed by atoms with E-state index in [0.717, 1.165) is 0 Å². The van der Waals surface area contributed by atoms with Gasteiger partial charge in [0.15, 0.2) is 0 Å². The van der Waals surface area contributed by atoms with E-state index in [2.05, 4.69) is 0 Å². The lowest BCUT2D eigenvalue weighted by atomic mass is 10.1. The van der Waals surface area contributed by atoms with Gasteiger partial charge >= 0.3 is 6.18 Å². The summed E-state index contributed by atoms with van der Waals surface area (Å²) < 4.78 is 42.5. The van der Waals surface area contributed by atoms with Crippen LogP contribution in [0.1, 0.15) is 13.8 Å². The molecule has 0 aliphatic rings. The van der Waals surface area contributed by atoms with Gasteiger partial charge < -0.3 is 10.5 Å². The molecule has 16 heavy (non-hydrogen) atoms. The fourth-order valence-electron chi connectivity index (χ4n) is 1.56. The summed E-state index contributed by atoms with van der Waals surface area (Å²) in [6.07, 6.45) is -4.23. The number of likely N-dealkylation sites (N-methyl/N-ethyl adjacent to an activating group) is 1. The van der Waals surface area contributed by atoms with Gasteiger partial charge in [-0.1, -0.05) is 6.92 Å². The molecule has 0 rings (SSSR count).